The lowest BCUT2D eigenvalue weighted by Gasteiger charge is -2.12. The van der Waals surface area contributed by atoms with Gasteiger partial charge in [-0.15, -0.1) is 0 Å². The van der Waals surface area contributed by atoms with Crippen LogP contribution in [0.25, 0.3) is 0 Å². The van der Waals surface area contributed by atoms with Crippen molar-refractivity contribution in [3.8, 4) is 5.75 Å². The van der Waals surface area contributed by atoms with Crippen LogP contribution >= 0.6 is 0 Å². The summed E-state index contributed by atoms with van der Waals surface area (Å²) in [6.07, 6.45) is -0.821. The van der Waals surface area contributed by atoms with Crippen molar-refractivity contribution in [1.29, 1.82) is 0 Å². The number of rotatable bonds is 9. The Morgan fingerprint density at radius 1 is 1.19 bits per heavy atom. The van der Waals surface area contributed by atoms with Gasteiger partial charge in [0.15, 0.2) is 5.84 Å². The summed E-state index contributed by atoms with van der Waals surface area (Å²) in [6, 6.07) is 16.8. The van der Waals surface area contributed by atoms with Gasteiger partial charge in [0.1, 0.15) is 5.75 Å². The number of aromatic nitrogens is 2. The molecule has 1 amide bonds. The fraction of sp³-hybridized carbons (Fsp3) is 0.292. The number of hydrogen-bond donors (Lipinski definition) is 2. The van der Waals surface area contributed by atoms with E-state index in [1.165, 1.54) is 0 Å². The molecule has 0 aliphatic heterocycles. The highest BCUT2D eigenvalue weighted by molar-refractivity contribution is 5.97. The van der Waals surface area contributed by atoms with E-state index >= 15 is 0 Å². The summed E-state index contributed by atoms with van der Waals surface area (Å²) in [6.45, 7) is 8.73. The van der Waals surface area contributed by atoms with Crippen LogP contribution in [-0.2, 0) is 16.2 Å². The number of anilines is 1. The van der Waals surface area contributed by atoms with Gasteiger partial charge in [-0.2, -0.15) is 5.10 Å². The SMILES string of the molecule is CCOc1ccc(NC(=O)C(C)ON=C(N)c2cccc(Cn3nc(C)cc3C)c2)cc1. The van der Waals surface area contributed by atoms with E-state index in [4.69, 9.17) is 15.3 Å². The van der Waals surface area contributed by atoms with Gasteiger partial charge in [-0.1, -0.05) is 23.4 Å². The number of oxime groups is 1. The molecule has 2 aromatic carbocycles. The van der Waals surface area contributed by atoms with Crippen LogP contribution < -0.4 is 15.8 Å². The smallest absolute Gasteiger partial charge is 0.267 e. The van der Waals surface area contributed by atoms with E-state index in [0.717, 1.165) is 22.7 Å². The summed E-state index contributed by atoms with van der Waals surface area (Å²) in [5, 5.41) is 11.2. The van der Waals surface area contributed by atoms with Gasteiger partial charge in [0.2, 0.25) is 6.10 Å². The Kier molecular flexibility index (Phi) is 7.49. The van der Waals surface area contributed by atoms with E-state index in [-0.39, 0.29) is 11.7 Å². The second-order valence-corrected chi connectivity index (χ2v) is 7.46. The van der Waals surface area contributed by atoms with Gasteiger partial charge in [0.25, 0.3) is 5.91 Å². The minimum absolute atomic E-state index is 0.195. The number of ether oxygens (including phenoxy) is 1. The molecule has 8 heteroatoms. The second kappa shape index (κ2) is 10.5. The highest BCUT2D eigenvalue weighted by atomic mass is 16.6. The monoisotopic (exact) mass is 435 g/mol. The Morgan fingerprint density at radius 3 is 2.59 bits per heavy atom. The third-order valence-electron chi connectivity index (χ3n) is 4.77. The van der Waals surface area contributed by atoms with Crippen molar-refractivity contribution in [2.24, 2.45) is 10.9 Å². The predicted molar refractivity (Wildman–Crippen MR) is 125 cm³/mol. The summed E-state index contributed by atoms with van der Waals surface area (Å²) in [5.41, 5.74) is 10.5. The molecule has 0 aliphatic carbocycles. The first-order valence-corrected chi connectivity index (χ1v) is 10.5. The average molecular weight is 436 g/mol. The van der Waals surface area contributed by atoms with Crippen LogP contribution in [0, 0.1) is 13.8 Å². The zero-order chi connectivity index (χ0) is 23.1. The molecule has 1 heterocycles. The third kappa shape index (κ3) is 6.10. The number of amides is 1. The molecule has 1 aromatic heterocycles. The first-order chi connectivity index (χ1) is 15.4. The number of amidine groups is 1. The quantitative estimate of drug-likeness (QED) is 0.304. The van der Waals surface area contributed by atoms with E-state index in [9.17, 15) is 4.79 Å². The van der Waals surface area contributed by atoms with Gasteiger partial charge in [0.05, 0.1) is 18.8 Å². The normalized spacial score (nSPS) is 12.3. The van der Waals surface area contributed by atoms with E-state index in [0.29, 0.717) is 24.4 Å². The van der Waals surface area contributed by atoms with Crippen LogP contribution in [0.3, 0.4) is 0 Å². The van der Waals surface area contributed by atoms with Crippen LogP contribution in [-0.4, -0.2) is 34.2 Å². The number of nitrogens with zero attached hydrogens (tertiary/aromatic N) is 3. The molecule has 1 atom stereocenters. The zero-order valence-electron chi connectivity index (χ0n) is 18.8. The van der Waals surface area contributed by atoms with Gasteiger partial charge < -0.3 is 20.6 Å². The van der Waals surface area contributed by atoms with Crippen molar-refractivity contribution >= 4 is 17.4 Å². The van der Waals surface area contributed by atoms with Crippen LogP contribution in [0.1, 0.15) is 36.4 Å². The lowest BCUT2D eigenvalue weighted by atomic mass is 10.1. The maximum atomic E-state index is 12.4. The van der Waals surface area contributed by atoms with Crippen LogP contribution in [0.4, 0.5) is 5.69 Å². The summed E-state index contributed by atoms with van der Waals surface area (Å²) in [7, 11) is 0. The Balaban J connectivity index is 1.59. The molecule has 0 radical (unpaired) electrons. The van der Waals surface area contributed by atoms with E-state index in [1.54, 1.807) is 31.2 Å². The first-order valence-electron chi connectivity index (χ1n) is 10.5. The van der Waals surface area contributed by atoms with Gasteiger partial charge >= 0.3 is 0 Å². The molecule has 168 valence electrons. The average Bonchev–Trinajstić information content (AvgIpc) is 3.09. The molecular formula is C24H29N5O3. The summed E-state index contributed by atoms with van der Waals surface area (Å²) >= 11 is 0. The predicted octanol–water partition coefficient (Wildman–Crippen LogP) is 3.61. The van der Waals surface area contributed by atoms with Crippen molar-refractivity contribution in [3.05, 3.63) is 77.1 Å². The van der Waals surface area contributed by atoms with Crippen LogP contribution in [0.2, 0.25) is 0 Å². The maximum absolute atomic E-state index is 12.4. The third-order valence-corrected chi connectivity index (χ3v) is 4.77. The Morgan fingerprint density at radius 2 is 1.94 bits per heavy atom. The summed E-state index contributed by atoms with van der Waals surface area (Å²) in [5.74, 6) is 0.608. The molecule has 0 bridgehead atoms. The molecule has 0 saturated heterocycles. The van der Waals surface area contributed by atoms with Crippen molar-refractivity contribution in [1.82, 2.24) is 9.78 Å². The Bertz CT molecular complexity index is 1090. The van der Waals surface area contributed by atoms with Gasteiger partial charge in [-0.05, 0) is 69.7 Å². The molecule has 0 fully saturated rings. The lowest BCUT2D eigenvalue weighted by Crippen LogP contribution is -2.27. The van der Waals surface area contributed by atoms with E-state index in [2.05, 4.69) is 15.6 Å². The van der Waals surface area contributed by atoms with Gasteiger partial charge in [-0.3, -0.25) is 9.48 Å². The highest BCUT2D eigenvalue weighted by Crippen LogP contribution is 2.16. The molecule has 8 nitrogen and oxygen atoms in total. The van der Waals surface area contributed by atoms with E-state index in [1.807, 2.05) is 55.8 Å². The molecule has 3 rings (SSSR count). The maximum Gasteiger partial charge on any atom is 0.267 e. The minimum Gasteiger partial charge on any atom is -0.494 e. The standard InChI is InChI=1S/C24H29N5O3/c1-5-31-22-11-9-21(10-12-22)26-24(30)18(4)32-28-23(25)20-8-6-7-19(14-20)15-29-17(3)13-16(2)27-29/h6-14,18H,5,15H2,1-4H3,(H2,25,28)(H,26,30). The highest BCUT2D eigenvalue weighted by Gasteiger charge is 2.15. The van der Waals surface area contributed by atoms with Crippen molar-refractivity contribution < 1.29 is 14.4 Å². The van der Waals surface area contributed by atoms with Crippen molar-refractivity contribution in [3.63, 3.8) is 0 Å². The Hall–Kier alpha value is -3.81. The van der Waals surface area contributed by atoms with Gasteiger partial charge in [0, 0.05) is 16.9 Å². The molecule has 0 saturated carbocycles. The number of benzene rings is 2. The first kappa shape index (κ1) is 22.9. The van der Waals surface area contributed by atoms with Crippen molar-refractivity contribution in [2.75, 3.05) is 11.9 Å². The number of carbonyl (C=O) groups is 1. The molecule has 0 aliphatic rings. The molecule has 3 N–H and O–H groups in total. The minimum atomic E-state index is -0.821. The number of nitrogens with two attached hydrogens (primary N) is 1. The van der Waals surface area contributed by atoms with Crippen LogP contribution in [0.15, 0.2) is 59.8 Å². The van der Waals surface area contributed by atoms with E-state index < -0.39 is 6.10 Å². The number of carbonyl (C=O) groups excluding carboxylic acids is 1. The molecule has 0 spiro atoms. The summed E-state index contributed by atoms with van der Waals surface area (Å²) in [4.78, 5) is 17.7. The number of aryl methyl sites for hydroxylation is 2. The molecular weight excluding hydrogens is 406 g/mol. The Labute approximate surface area is 188 Å². The number of hydrogen-bond acceptors (Lipinski definition) is 5. The fourth-order valence-electron chi connectivity index (χ4n) is 3.12. The topological polar surface area (TPSA) is 104 Å². The number of nitrogens with one attached hydrogen (secondary N) is 1. The second-order valence-electron chi connectivity index (χ2n) is 7.46. The zero-order valence-corrected chi connectivity index (χ0v) is 18.8. The molecule has 1 unspecified atom stereocenters. The lowest BCUT2D eigenvalue weighted by molar-refractivity contribution is -0.126. The van der Waals surface area contributed by atoms with Gasteiger partial charge in [-0.25, -0.2) is 0 Å². The fourth-order valence-corrected chi connectivity index (χ4v) is 3.12. The largest absolute Gasteiger partial charge is 0.494 e. The van der Waals surface area contributed by atoms with Crippen molar-refractivity contribution in [2.45, 2.75) is 40.3 Å². The molecule has 3 aromatic rings. The molecule has 32 heavy (non-hydrogen) atoms. The van der Waals surface area contributed by atoms with Crippen LogP contribution in [0.5, 0.6) is 5.75 Å². The summed E-state index contributed by atoms with van der Waals surface area (Å²) < 4.78 is 7.33.